The van der Waals surface area contributed by atoms with E-state index in [0.29, 0.717) is 23.4 Å². The fourth-order valence-corrected chi connectivity index (χ4v) is 3.72. The molecular weight excluding hydrogens is 462 g/mol. The Morgan fingerprint density at radius 1 is 1.00 bits per heavy atom. The van der Waals surface area contributed by atoms with Gasteiger partial charge in [-0.05, 0) is 31.5 Å². The molecule has 0 aliphatic heterocycles. The third kappa shape index (κ3) is 4.32. The molecule has 0 saturated heterocycles. The van der Waals surface area contributed by atoms with Gasteiger partial charge in [0.15, 0.2) is 5.82 Å². The van der Waals surface area contributed by atoms with E-state index < -0.39 is 18.5 Å². The van der Waals surface area contributed by atoms with Crippen LogP contribution >= 0.6 is 11.6 Å². The van der Waals surface area contributed by atoms with Crippen LogP contribution in [0.15, 0.2) is 30.7 Å². The molecule has 7 nitrogen and oxygen atoms in total. The first kappa shape index (κ1) is 22.8. The van der Waals surface area contributed by atoms with Crippen LogP contribution < -0.4 is 0 Å². The zero-order valence-corrected chi connectivity index (χ0v) is 18.5. The second-order valence-electron chi connectivity index (χ2n) is 7.36. The number of rotatable bonds is 6. The van der Waals surface area contributed by atoms with Crippen LogP contribution in [-0.4, -0.2) is 34.5 Å². The van der Waals surface area contributed by atoms with Crippen LogP contribution in [0.3, 0.4) is 0 Å². The van der Waals surface area contributed by atoms with Crippen molar-refractivity contribution < 1.29 is 17.6 Å². The van der Waals surface area contributed by atoms with Crippen molar-refractivity contribution in [2.75, 3.05) is 0 Å². The Morgan fingerprint density at radius 3 is 2.39 bits per heavy atom. The standard InChI is InChI=1S/C21H18ClF4N7/c1-10-15(32(3)31-18(10)12-4-5-14(20(23)24)27-8-12)6-13-7-16(29-9-28-13)33-19(21(25)26)17(22)11(2)30-33/h4-5,7-9,20-21H,6H2,1-3H3. The van der Waals surface area contributed by atoms with Crippen molar-refractivity contribution in [3.05, 3.63) is 69.8 Å². The van der Waals surface area contributed by atoms with E-state index in [2.05, 4.69) is 25.1 Å². The zero-order chi connectivity index (χ0) is 23.9. The highest BCUT2D eigenvalue weighted by atomic mass is 35.5. The number of nitrogens with zero attached hydrogens (tertiary/aromatic N) is 7. The molecule has 0 aromatic carbocycles. The zero-order valence-electron chi connectivity index (χ0n) is 17.8. The number of pyridine rings is 1. The van der Waals surface area contributed by atoms with Crippen LogP contribution in [0.4, 0.5) is 17.6 Å². The molecule has 0 amide bonds. The predicted octanol–water partition coefficient (Wildman–Crippen LogP) is 5.19. The van der Waals surface area contributed by atoms with Gasteiger partial charge in [0.25, 0.3) is 12.9 Å². The maximum Gasteiger partial charge on any atom is 0.282 e. The van der Waals surface area contributed by atoms with Crippen LogP contribution in [-0.2, 0) is 13.5 Å². The molecule has 33 heavy (non-hydrogen) atoms. The summed E-state index contributed by atoms with van der Waals surface area (Å²) < 4.78 is 55.3. The molecule has 4 rings (SSSR count). The first-order valence-electron chi connectivity index (χ1n) is 9.78. The maximum atomic E-state index is 13.5. The number of halogens is 5. The van der Waals surface area contributed by atoms with E-state index in [1.54, 1.807) is 23.9 Å². The van der Waals surface area contributed by atoms with Gasteiger partial charge in [-0.15, -0.1) is 0 Å². The quantitative estimate of drug-likeness (QED) is 0.356. The minimum absolute atomic E-state index is 0.108. The molecular formula is C21H18ClF4N7. The lowest BCUT2D eigenvalue weighted by molar-refractivity contribution is 0.142. The Hall–Kier alpha value is -3.34. The normalized spacial score (nSPS) is 11.7. The molecule has 0 atom stereocenters. The highest BCUT2D eigenvalue weighted by Crippen LogP contribution is 2.31. The molecule has 0 fully saturated rings. The monoisotopic (exact) mass is 479 g/mol. The summed E-state index contributed by atoms with van der Waals surface area (Å²) in [6.07, 6.45) is -2.52. The number of hydrogen-bond donors (Lipinski definition) is 0. The topological polar surface area (TPSA) is 74.3 Å². The molecule has 12 heteroatoms. The van der Waals surface area contributed by atoms with Crippen molar-refractivity contribution in [2.45, 2.75) is 33.1 Å². The van der Waals surface area contributed by atoms with Gasteiger partial charge in [0.1, 0.15) is 17.7 Å². The molecule has 0 N–H and O–H groups in total. The first-order chi connectivity index (χ1) is 15.7. The van der Waals surface area contributed by atoms with Gasteiger partial charge in [-0.2, -0.15) is 10.2 Å². The summed E-state index contributed by atoms with van der Waals surface area (Å²) in [7, 11) is 1.75. The third-order valence-electron chi connectivity index (χ3n) is 5.21. The van der Waals surface area contributed by atoms with Crippen molar-refractivity contribution in [3.8, 4) is 17.1 Å². The summed E-state index contributed by atoms with van der Waals surface area (Å²) in [5.74, 6) is 0.164. The van der Waals surface area contributed by atoms with E-state index in [-0.39, 0.29) is 22.2 Å². The van der Waals surface area contributed by atoms with Crippen molar-refractivity contribution >= 4 is 11.6 Å². The van der Waals surface area contributed by atoms with E-state index >= 15 is 0 Å². The number of hydrogen-bond acceptors (Lipinski definition) is 5. The maximum absolute atomic E-state index is 13.5. The highest BCUT2D eigenvalue weighted by Gasteiger charge is 2.24. The van der Waals surface area contributed by atoms with Gasteiger partial charge in [-0.3, -0.25) is 9.67 Å². The van der Waals surface area contributed by atoms with Crippen molar-refractivity contribution in [1.82, 2.24) is 34.5 Å². The molecule has 4 aromatic heterocycles. The average Bonchev–Trinajstić information content (AvgIpc) is 3.24. The molecule has 0 aliphatic rings. The van der Waals surface area contributed by atoms with Crippen LogP contribution in [0.25, 0.3) is 17.1 Å². The van der Waals surface area contributed by atoms with Gasteiger partial charge in [0.05, 0.1) is 22.1 Å². The summed E-state index contributed by atoms with van der Waals surface area (Å²) in [4.78, 5) is 12.1. The van der Waals surface area contributed by atoms with Gasteiger partial charge >= 0.3 is 0 Å². The Bertz CT molecular complexity index is 1300. The molecule has 0 saturated carbocycles. The molecule has 0 unspecified atom stereocenters. The van der Waals surface area contributed by atoms with Gasteiger partial charge in [-0.25, -0.2) is 32.2 Å². The number of aromatic nitrogens is 7. The fraction of sp³-hybridized carbons (Fsp3) is 0.286. The van der Waals surface area contributed by atoms with Crippen LogP contribution in [0.1, 0.15) is 46.9 Å². The predicted molar refractivity (Wildman–Crippen MR) is 113 cm³/mol. The molecule has 172 valence electrons. The summed E-state index contributed by atoms with van der Waals surface area (Å²) in [6.45, 7) is 3.39. The average molecular weight is 480 g/mol. The summed E-state index contributed by atoms with van der Waals surface area (Å²) in [5.41, 5.74) is 2.90. The molecule has 0 aliphatic carbocycles. The van der Waals surface area contributed by atoms with Gasteiger partial charge in [0.2, 0.25) is 0 Å². The van der Waals surface area contributed by atoms with E-state index in [1.165, 1.54) is 25.5 Å². The molecule has 4 aromatic rings. The van der Waals surface area contributed by atoms with Crippen LogP contribution in [0.2, 0.25) is 5.02 Å². The van der Waals surface area contributed by atoms with Crippen molar-refractivity contribution in [3.63, 3.8) is 0 Å². The van der Waals surface area contributed by atoms with Gasteiger partial charge in [0, 0.05) is 37.0 Å². The Morgan fingerprint density at radius 2 is 1.76 bits per heavy atom. The molecule has 0 radical (unpaired) electrons. The minimum atomic E-state index is -2.83. The Kier molecular flexibility index (Phi) is 6.15. The van der Waals surface area contributed by atoms with Gasteiger partial charge in [-0.1, -0.05) is 11.6 Å². The molecule has 4 heterocycles. The highest BCUT2D eigenvalue weighted by molar-refractivity contribution is 6.31. The lowest BCUT2D eigenvalue weighted by Crippen LogP contribution is -2.08. The van der Waals surface area contributed by atoms with Crippen molar-refractivity contribution in [2.24, 2.45) is 7.05 Å². The third-order valence-corrected chi connectivity index (χ3v) is 5.68. The number of alkyl halides is 4. The smallest absolute Gasteiger partial charge is 0.271 e. The van der Waals surface area contributed by atoms with E-state index in [0.717, 1.165) is 15.9 Å². The summed E-state index contributed by atoms with van der Waals surface area (Å²) in [5, 5.41) is 8.47. The molecule has 0 bridgehead atoms. The first-order valence-corrected chi connectivity index (χ1v) is 10.2. The Balaban J connectivity index is 1.67. The second-order valence-corrected chi connectivity index (χ2v) is 7.74. The SMILES string of the molecule is Cc1nn(-c2cc(Cc3c(C)c(-c4ccc(C(F)F)nc4)nn3C)ncn2)c(C(F)F)c1Cl. The number of aryl methyl sites for hydroxylation is 2. The van der Waals surface area contributed by atoms with E-state index in [1.807, 2.05) is 6.92 Å². The van der Waals surface area contributed by atoms with Crippen LogP contribution in [0, 0.1) is 13.8 Å². The van der Waals surface area contributed by atoms with Crippen LogP contribution in [0.5, 0.6) is 0 Å². The van der Waals surface area contributed by atoms with E-state index in [4.69, 9.17) is 11.6 Å². The van der Waals surface area contributed by atoms with E-state index in [9.17, 15) is 17.6 Å². The summed E-state index contributed by atoms with van der Waals surface area (Å²) >= 11 is 5.99. The Labute approximate surface area is 191 Å². The summed E-state index contributed by atoms with van der Waals surface area (Å²) in [6, 6.07) is 4.37. The lowest BCUT2D eigenvalue weighted by atomic mass is 10.1. The fourth-order valence-electron chi connectivity index (χ4n) is 3.52. The second kappa shape index (κ2) is 8.89. The van der Waals surface area contributed by atoms with Crippen molar-refractivity contribution in [1.29, 1.82) is 0 Å². The lowest BCUT2D eigenvalue weighted by Gasteiger charge is -2.08. The van der Waals surface area contributed by atoms with Gasteiger partial charge < -0.3 is 0 Å². The minimum Gasteiger partial charge on any atom is -0.271 e. The largest absolute Gasteiger partial charge is 0.282 e. The molecule has 0 spiro atoms.